The largest absolute Gasteiger partial charge is 0.392 e. The number of aliphatic hydroxyl groups is 1. The zero-order valence-corrected chi connectivity index (χ0v) is 13.8. The van der Waals surface area contributed by atoms with Crippen molar-refractivity contribution in [1.29, 1.82) is 0 Å². The second kappa shape index (κ2) is 6.13. The van der Waals surface area contributed by atoms with Gasteiger partial charge in [-0.1, -0.05) is 6.07 Å². The number of aliphatic hydroxyl groups excluding tert-OH is 1. The number of hydrogen-bond donors (Lipinski definition) is 1. The van der Waals surface area contributed by atoms with Crippen molar-refractivity contribution < 1.29 is 13.5 Å². The van der Waals surface area contributed by atoms with Gasteiger partial charge in [-0.15, -0.1) is 0 Å². The SMILES string of the molecule is CN(C1CCSC1)S(=O)(=O)c1cc(CO)ccc1Br. The molecular formula is C12H16BrNO3S2. The van der Waals surface area contributed by atoms with Crippen LogP contribution in [0.2, 0.25) is 0 Å². The molecule has 7 heteroatoms. The van der Waals surface area contributed by atoms with Gasteiger partial charge in [0, 0.05) is 23.3 Å². The van der Waals surface area contributed by atoms with Crippen LogP contribution in [0.4, 0.5) is 0 Å². The molecular weight excluding hydrogens is 350 g/mol. The predicted octanol–water partition coefficient (Wildman–Crippen LogP) is 2.07. The van der Waals surface area contributed by atoms with E-state index in [9.17, 15) is 8.42 Å². The summed E-state index contributed by atoms with van der Waals surface area (Å²) in [5.41, 5.74) is 0.593. The molecule has 1 heterocycles. The summed E-state index contributed by atoms with van der Waals surface area (Å²) in [5.74, 6) is 1.84. The number of sulfonamides is 1. The molecule has 4 nitrogen and oxygen atoms in total. The normalized spacial score (nSPS) is 20.1. The van der Waals surface area contributed by atoms with Gasteiger partial charge in [0.25, 0.3) is 0 Å². The van der Waals surface area contributed by atoms with Gasteiger partial charge in [0.05, 0.1) is 11.5 Å². The predicted molar refractivity (Wildman–Crippen MR) is 80.7 cm³/mol. The molecule has 19 heavy (non-hydrogen) atoms. The lowest BCUT2D eigenvalue weighted by molar-refractivity contribution is 0.281. The minimum Gasteiger partial charge on any atom is -0.392 e. The summed E-state index contributed by atoms with van der Waals surface area (Å²) in [4.78, 5) is 0.221. The molecule has 1 atom stereocenters. The van der Waals surface area contributed by atoms with Gasteiger partial charge in [-0.25, -0.2) is 8.42 Å². The Hall–Kier alpha value is -0.0800. The Kier molecular flexibility index (Phi) is 4.94. The van der Waals surface area contributed by atoms with Gasteiger partial charge in [0.2, 0.25) is 10.0 Å². The Morgan fingerprint density at radius 3 is 2.84 bits per heavy atom. The van der Waals surface area contributed by atoms with Crippen LogP contribution >= 0.6 is 27.7 Å². The van der Waals surface area contributed by atoms with Crippen molar-refractivity contribution in [2.75, 3.05) is 18.6 Å². The topological polar surface area (TPSA) is 57.6 Å². The average Bonchev–Trinajstić information content (AvgIpc) is 2.92. The van der Waals surface area contributed by atoms with E-state index in [-0.39, 0.29) is 17.5 Å². The van der Waals surface area contributed by atoms with E-state index in [4.69, 9.17) is 5.11 Å². The summed E-state index contributed by atoms with van der Waals surface area (Å²) in [5, 5.41) is 9.14. The van der Waals surface area contributed by atoms with Crippen molar-refractivity contribution in [3.8, 4) is 0 Å². The van der Waals surface area contributed by atoms with Crippen LogP contribution in [0.1, 0.15) is 12.0 Å². The van der Waals surface area contributed by atoms with Crippen molar-refractivity contribution in [2.24, 2.45) is 0 Å². The van der Waals surface area contributed by atoms with Gasteiger partial charge < -0.3 is 5.11 Å². The highest BCUT2D eigenvalue weighted by Gasteiger charge is 2.31. The highest BCUT2D eigenvalue weighted by atomic mass is 79.9. The third-order valence-electron chi connectivity index (χ3n) is 3.26. The van der Waals surface area contributed by atoms with Crippen LogP contribution in [0, 0.1) is 0 Å². The first-order valence-corrected chi connectivity index (χ1v) is 9.30. The molecule has 1 saturated heterocycles. The molecule has 0 amide bonds. The lowest BCUT2D eigenvalue weighted by atomic mass is 10.2. The van der Waals surface area contributed by atoms with Gasteiger partial charge in [0.1, 0.15) is 0 Å². The first-order valence-electron chi connectivity index (χ1n) is 5.92. The summed E-state index contributed by atoms with van der Waals surface area (Å²) >= 11 is 5.06. The number of hydrogen-bond acceptors (Lipinski definition) is 4. The van der Waals surface area contributed by atoms with Crippen molar-refractivity contribution in [2.45, 2.75) is 24.0 Å². The summed E-state index contributed by atoms with van der Waals surface area (Å²) in [6.45, 7) is -0.168. The van der Waals surface area contributed by atoms with Gasteiger partial charge >= 0.3 is 0 Å². The van der Waals surface area contributed by atoms with E-state index >= 15 is 0 Å². The number of rotatable bonds is 4. The lowest BCUT2D eigenvalue weighted by Gasteiger charge is -2.24. The maximum absolute atomic E-state index is 12.6. The number of benzene rings is 1. The Morgan fingerprint density at radius 1 is 1.53 bits per heavy atom. The Labute approximate surface area is 126 Å². The van der Waals surface area contributed by atoms with E-state index in [0.717, 1.165) is 17.9 Å². The molecule has 1 aromatic rings. The molecule has 0 aliphatic carbocycles. The summed E-state index contributed by atoms with van der Waals surface area (Å²) in [6.07, 6.45) is 0.887. The monoisotopic (exact) mass is 365 g/mol. The zero-order valence-electron chi connectivity index (χ0n) is 10.5. The highest BCUT2D eigenvalue weighted by Crippen LogP contribution is 2.30. The second-order valence-corrected chi connectivity index (χ2v) is 8.43. The number of nitrogens with zero attached hydrogens (tertiary/aromatic N) is 1. The standard InChI is InChI=1S/C12H16BrNO3S2/c1-14(10-4-5-18-8-10)19(16,17)12-6-9(7-15)2-3-11(12)13/h2-3,6,10,15H,4-5,7-8H2,1H3. The number of halogens is 1. The molecule has 0 spiro atoms. The van der Waals surface area contributed by atoms with Crippen molar-refractivity contribution in [3.05, 3.63) is 28.2 Å². The highest BCUT2D eigenvalue weighted by molar-refractivity contribution is 9.10. The van der Waals surface area contributed by atoms with E-state index in [1.54, 1.807) is 30.9 Å². The molecule has 0 saturated carbocycles. The van der Waals surface area contributed by atoms with Crippen LogP contribution in [0.3, 0.4) is 0 Å². The maximum atomic E-state index is 12.6. The Balaban J connectivity index is 2.38. The third kappa shape index (κ3) is 3.16. The van der Waals surface area contributed by atoms with E-state index in [2.05, 4.69) is 15.9 Å². The summed E-state index contributed by atoms with van der Waals surface area (Å²) < 4.78 is 27.2. The van der Waals surface area contributed by atoms with Crippen LogP contribution in [0.5, 0.6) is 0 Å². The van der Waals surface area contributed by atoms with E-state index < -0.39 is 10.0 Å². The fourth-order valence-electron chi connectivity index (χ4n) is 2.00. The van der Waals surface area contributed by atoms with E-state index in [0.29, 0.717) is 10.0 Å². The molecule has 0 bridgehead atoms. The Morgan fingerprint density at radius 2 is 2.26 bits per heavy atom. The Bertz CT molecular complexity index is 556. The third-order valence-corrected chi connectivity index (χ3v) is 7.30. The lowest BCUT2D eigenvalue weighted by Crippen LogP contribution is -2.37. The smallest absolute Gasteiger partial charge is 0.244 e. The van der Waals surface area contributed by atoms with Gasteiger partial charge in [-0.2, -0.15) is 16.1 Å². The molecule has 0 aromatic heterocycles. The first-order chi connectivity index (χ1) is 8.96. The molecule has 1 fully saturated rings. The first kappa shape index (κ1) is 15.3. The molecule has 0 radical (unpaired) electrons. The van der Waals surface area contributed by atoms with Crippen LogP contribution in [0.15, 0.2) is 27.6 Å². The molecule has 1 aliphatic heterocycles. The quantitative estimate of drug-likeness (QED) is 0.887. The molecule has 106 valence electrons. The molecule has 1 unspecified atom stereocenters. The van der Waals surface area contributed by atoms with Crippen LogP contribution in [0.25, 0.3) is 0 Å². The van der Waals surface area contributed by atoms with Crippen LogP contribution < -0.4 is 0 Å². The van der Waals surface area contributed by atoms with Crippen LogP contribution in [-0.2, 0) is 16.6 Å². The van der Waals surface area contributed by atoms with Gasteiger partial charge in [0.15, 0.2) is 0 Å². The van der Waals surface area contributed by atoms with Crippen LogP contribution in [-0.4, -0.2) is 42.4 Å². The van der Waals surface area contributed by atoms with Crippen molar-refractivity contribution in [3.63, 3.8) is 0 Å². The molecule has 1 N–H and O–H groups in total. The average molecular weight is 366 g/mol. The summed E-state index contributed by atoms with van der Waals surface area (Å²) in [7, 11) is -1.89. The molecule has 1 aliphatic rings. The van der Waals surface area contributed by atoms with Gasteiger partial charge in [-0.3, -0.25) is 0 Å². The molecule has 2 rings (SSSR count). The minimum absolute atomic E-state index is 0.0553. The van der Waals surface area contributed by atoms with E-state index in [1.807, 2.05) is 0 Å². The van der Waals surface area contributed by atoms with E-state index in [1.165, 1.54) is 10.4 Å². The maximum Gasteiger partial charge on any atom is 0.244 e. The fraction of sp³-hybridized carbons (Fsp3) is 0.500. The fourth-order valence-corrected chi connectivity index (χ4v) is 5.72. The van der Waals surface area contributed by atoms with Crippen molar-refractivity contribution >= 4 is 37.7 Å². The summed E-state index contributed by atoms with van der Waals surface area (Å²) in [6, 6.07) is 4.95. The minimum atomic E-state index is -3.52. The zero-order chi connectivity index (χ0) is 14.0. The van der Waals surface area contributed by atoms with Gasteiger partial charge in [-0.05, 0) is 45.8 Å². The molecule has 1 aromatic carbocycles. The number of thioether (sulfide) groups is 1. The van der Waals surface area contributed by atoms with Crippen molar-refractivity contribution in [1.82, 2.24) is 4.31 Å². The second-order valence-electron chi connectivity index (χ2n) is 4.46.